The highest BCUT2D eigenvalue weighted by atomic mass is 16.6. The Hall–Kier alpha value is -1.62. The standard InChI is InChI=1S/C12H16N2O3/c1-9-4-5-11(7-12(9)14(15)16)17-8-10-3-2-6-13-10/h4-5,7,10,13H,2-3,6,8H2,1H3/t10-/m1/s1. The van der Waals surface area contributed by atoms with E-state index in [-0.39, 0.29) is 10.6 Å². The summed E-state index contributed by atoms with van der Waals surface area (Å²) in [5, 5.41) is 14.1. The maximum absolute atomic E-state index is 10.8. The van der Waals surface area contributed by atoms with Crippen LogP contribution in [0.3, 0.4) is 0 Å². The summed E-state index contributed by atoms with van der Waals surface area (Å²) in [7, 11) is 0. The Morgan fingerprint density at radius 3 is 3.06 bits per heavy atom. The van der Waals surface area contributed by atoms with Gasteiger partial charge in [-0.2, -0.15) is 0 Å². The van der Waals surface area contributed by atoms with Gasteiger partial charge in [0.1, 0.15) is 12.4 Å². The number of nitro groups is 1. The zero-order chi connectivity index (χ0) is 12.3. The fourth-order valence-corrected chi connectivity index (χ4v) is 1.97. The fourth-order valence-electron chi connectivity index (χ4n) is 1.97. The van der Waals surface area contributed by atoms with Crippen LogP contribution in [-0.2, 0) is 0 Å². The molecule has 1 fully saturated rings. The molecule has 1 N–H and O–H groups in total. The van der Waals surface area contributed by atoms with E-state index in [2.05, 4.69) is 5.32 Å². The van der Waals surface area contributed by atoms with Crippen LogP contribution in [0.5, 0.6) is 5.75 Å². The topological polar surface area (TPSA) is 64.4 Å². The molecule has 0 bridgehead atoms. The second-order valence-corrected chi connectivity index (χ2v) is 4.31. The van der Waals surface area contributed by atoms with Gasteiger partial charge in [0.05, 0.1) is 11.0 Å². The molecule has 1 aromatic carbocycles. The van der Waals surface area contributed by atoms with Crippen molar-refractivity contribution in [3.05, 3.63) is 33.9 Å². The van der Waals surface area contributed by atoms with Gasteiger partial charge in [0.2, 0.25) is 0 Å². The first-order valence-corrected chi connectivity index (χ1v) is 5.78. The normalized spacial score (nSPS) is 19.2. The SMILES string of the molecule is Cc1ccc(OC[C@H]2CCCN2)cc1[N+](=O)[O-]. The molecule has 0 amide bonds. The second kappa shape index (κ2) is 5.14. The molecular formula is C12H16N2O3. The van der Waals surface area contributed by atoms with Crippen LogP contribution in [0.4, 0.5) is 5.69 Å². The number of hydrogen-bond acceptors (Lipinski definition) is 4. The fraction of sp³-hybridized carbons (Fsp3) is 0.500. The zero-order valence-electron chi connectivity index (χ0n) is 9.81. The van der Waals surface area contributed by atoms with Gasteiger partial charge in [-0.1, -0.05) is 0 Å². The lowest BCUT2D eigenvalue weighted by molar-refractivity contribution is -0.385. The van der Waals surface area contributed by atoms with Crippen LogP contribution in [0.15, 0.2) is 18.2 Å². The number of hydrogen-bond donors (Lipinski definition) is 1. The van der Waals surface area contributed by atoms with Crippen molar-refractivity contribution in [2.45, 2.75) is 25.8 Å². The van der Waals surface area contributed by atoms with E-state index in [9.17, 15) is 10.1 Å². The number of ether oxygens (including phenoxy) is 1. The van der Waals surface area contributed by atoms with Crippen molar-refractivity contribution in [3.8, 4) is 5.75 Å². The van der Waals surface area contributed by atoms with Crippen LogP contribution in [0.2, 0.25) is 0 Å². The van der Waals surface area contributed by atoms with Gasteiger partial charge < -0.3 is 10.1 Å². The van der Waals surface area contributed by atoms with Crippen LogP contribution in [0, 0.1) is 17.0 Å². The molecule has 0 saturated carbocycles. The predicted molar refractivity (Wildman–Crippen MR) is 64.4 cm³/mol. The smallest absolute Gasteiger partial charge is 0.276 e. The number of nitrogens with one attached hydrogen (secondary N) is 1. The molecule has 1 aliphatic heterocycles. The van der Waals surface area contributed by atoms with Gasteiger partial charge in [0, 0.05) is 11.6 Å². The highest BCUT2D eigenvalue weighted by molar-refractivity contribution is 5.45. The third-order valence-corrected chi connectivity index (χ3v) is 2.99. The summed E-state index contributed by atoms with van der Waals surface area (Å²) in [6.45, 7) is 3.32. The first-order chi connectivity index (χ1) is 8.16. The van der Waals surface area contributed by atoms with Crippen molar-refractivity contribution >= 4 is 5.69 Å². The van der Waals surface area contributed by atoms with Crippen molar-refractivity contribution in [1.82, 2.24) is 5.32 Å². The van der Waals surface area contributed by atoms with E-state index in [0.29, 0.717) is 24.0 Å². The van der Waals surface area contributed by atoms with E-state index in [4.69, 9.17) is 4.74 Å². The maximum Gasteiger partial charge on any atom is 0.276 e. The van der Waals surface area contributed by atoms with Crippen molar-refractivity contribution < 1.29 is 9.66 Å². The van der Waals surface area contributed by atoms with Gasteiger partial charge in [-0.25, -0.2) is 0 Å². The number of nitrogens with zero attached hydrogens (tertiary/aromatic N) is 1. The van der Waals surface area contributed by atoms with E-state index in [1.165, 1.54) is 12.5 Å². The van der Waals surface area contributed by atoms with Gasteiger partial charge in [-0.15, -0.1) is 0 Å². The largest absolute Gasteiger partial charge is 0.492 e. The van der Waals surface area contributed by atoms with Crippen LogP contribution in [0.1, 0.15) is 18.4 Å². The Kier molecular flexibility index (Phi) is 3.58. The molecular weight excluding hydrogens is 220 g/mol. The van der Waals surface area contributed by atoms with Gasteiger partial charge in [-0.3, -0.25) is 10.1 Å². The monoisotopic (exact) mass is 236 g/mol. The number of benzene rings is 1. The molecule has 0 radical (unpaired) electrons. The van der Waals surface area contributed by atoms with Gasteiger partial charge in [0.25, 0.3) is 5.69 Å². The Labute approximate surface area is 99.9 Å². The van der Waals surface area contributed by atoms with E-state index < -0.39 is 0 Å². The number of rotatable bonds is 4. The third kappa shape index (κ3) is 2.94. The molecule has 1 heterocycles. The van der Waals surface area contributed by atoms with Gasteiger partial charge >= 0.3 is 0 Å². The summed E-state index contributed by atoms with van der Waals surface area (Å²) in [6, 6.07) is 5.35. The average molecular weight is 236 g/mol. The molecule has 0 spiro atoms. The first-order valence-electron chi connectivity index (χ1n) is 5.78. The predicted octanol–water partition coefficient (Wildman–Crippen LogP) is 2.03. The summed E-state index contributed by atoms with van der Waals surface area (Å²) in [5.41, 5.74) is 0.767. The van der Waals surface area contributed by atoms with E-state index >= 15 is 0 Å². The maximum atomic E-state index is 10.8. The quantitative estimate of drug-likeness (QED) is 0.641. The minimum Gasteiger partial charge on any atom is -0.492 e. The highest BCUT2D eigenvalue weighted by Gasteiger charge is 2.16. The Morgan fingerprint density at radius 1 is 1.59 bits per heavy atom. The molecule has 1 atom stereocenters. The number of nitro benzene ring substituents is 1. The lowest BCUT2D eigenvalue weighted by Crippen LogP contribution is -2.28. The molecule has 0 aliphatic carbocycles. The molecule has 0 unspecified atom stereocenters. The van der Waals surface area contributed by atoms with E-state index in [0.717, 1.165) is 13.0 Å². The lowest BCUT2D eigenvalue weighted by Gasteiger charge is -2.12. The molecule has 17 heavy (non-hydrogen) atoms. The van der Waals surface area contributed by atoms with Crippen LogP contribution in [-0.4, -0.2) is 24.1 Å². The highest BCUT2D eigenvalue weighted by Crippen LogP contribution is 2.24. The van der Waals surface area contributed by atoms with Crippen molar-refractivity contribution in [2.24, 2.45) is 0 Å². The minimum absolute atomic E-state index is 0.113. The summed E-state index contributed by atoms with van der Waals surface area (Å²) >= 11 is 0. The van der Waals surface area contributed by atoms with Crippen molar-refractivity contribution in [2.75, 3.05) is 13.2 Å². The van der Waals surface area contributed by atoms with Gasteiger partial charge in [0.15, 0.2) is 0 Å². The van der Waals surface area contributed by atoms with E-state index in [1.54, 1.807) is 19.1 Å². The first kappa shape index (κ1) is 11.9. The summed E-state index contributed by atoms with van der Waals surface area (Å²) in [4.78, 5) is 10.4. The average Bonchev–Trinajstić information content (AvgIpc) is 2.80. The lowest BCUT2D eigenvalue weighted by atomic mass is 10.2. The van der Waals surface area contributed by atoms with Crippen LogP contribution >= 0.6 is 0 Å². The summed E-state index contributed by atoms with van der Waals surface area (Å²) in [6.07, 6.45) is 2.27. The second-order valence-electron chi connectivity index (χ2n) is 4.31. The molecule has 1 saturated heterocycles. The van der Waals surface area contributed by atoms with Crippen molar-refractivity contribution in [1.29, 1.82) is 0 Å². The Bertz CT molecular complexity index is 414. The van der Waals surface area contributed by atoms with E-state index in [1.807, 2.05) is 0 Å². The molecule has 92 valence electrons. The Balaban J connectivity index is 2.00. The minimum atomic E-state index is -0.379. The molecule has 2 rings (SSSR count). The van der Waals surface area contributed by atoms with Crippen LogP contribution in [0.25, 0.3) is 0 Å². The summed E-state index contributed by atoms with van der Waals surface area (Å²) in [5.74, 6) is 0.566. The molecule has 1 aromatic rings. The molecule has 5 nitrogen and oxygen atoms in total. The molecule has 5 heteroatoms. The van der Waals surface area contributed by atoms with Crippen LogP contribution < -0.4 is 10.1 Å². The van der Waals surface area contributed by atoms with Gasteiger partial charge in [-0.05, 0) is 38.4 Å². The van der Waals surface area contributed by atoms with Crippen molar-refractivity contribution in [3.63, 3.8) is 0 Å². The zero-order valence-corrected chi connectivity index (χ0v) is 9.81. The molecule has 0 aromatic heterocycles. The Morgan fingerprint density at radius 2 is 2.41 bits per heavy atom. The number of aryl methyl sites for hydroxylation is 1. The third-order valence-electron chi connectivity index (χ3n) is 2.99. The molecule has 1 aliphatic rings. The summed E-state index contributed by atoms with van der Waals surface area (Å²) < 4.78 is 5.57.